The fourth-order valence-corrected chi connectivity index (χ4v) is 2.76. The molecule has 0 radical (unpaired) electrons. The van der Waals surface area contributed by atoms with Gasteiger partial charge in [0.1, 0.15) is 0 Å². The molecule has 0 heterocycles. The molecule has 0 bridgehead atoms. The third kappa shape index (κ3) is 4.57. The van der Waals surface area contributed by atoms with Gasteiger partial charge >= 0.3 is 5.97 Å². The smallest absolute Gasteiger partial charge is 0.339 e. The second-order valence-corrected chi connectivity index (χ2v) is 6.37. The van der Waals surface area contributed by atoms with Gasteiger partial charge < -0.3 is 9.64 Å². The fourth-order valence-electron chi connectivity index (χ4n) is 2.76. The number of Topliss-reactive ketones (excluding diaryl/α,β-unsaturated/α-hetero) is 1. The Kier molecular flexibility index (Phi) is 6.32. The molecule has 0 spiro atoms. The Balaban J connectivity index is 1.74. The summed E-state index contributed by atoms with van der Waals surface area (Å²) in [6.45, 7) is -0.680. The van der Waals surface area contributed by atoms with Crippen LogP contribution in [0.25, 0.3) is 0 Å². The Labute approximate surface area is 171 Å². The predicted molar refractivity (Wildman–Crippen MR) is 107 cm³/mol. The number of rotatable bonds is 6. The van der Waals surface area contributed by atoms with Gasteiger partial charge in [0, 0.05) is 18.3 Å². The molecular weight excluding hydrogens is 392 g/mol. The lowest BCUT2D eigenvalue weighted by atomic mass is 10.1. The minimum Gasteiger partial charge on any atom is -0.454 e. The SMILES string of the molecule is CN(C(=O)c1ccccc1C(=O)OCC(=O)c1ccc(F)c(F)c1)c1ccccc1. The van der Waals surface area contributed by atoms with E-state index in [-0.39, 0.29) is 16.7 Å². The number of para-hydroxylation sites is 1. The van der Waals surface area contributed by atoms with Crippen LogP contribution in [0.2, 0.25) is 0 Å². The minimum atomic E-state index is -1.17. The molecule has 0 aliphatic heterocycles. The first kappa shape index (κ1) is 20.9. The van der Waals surface area contributed by atoms with E-state index in [1.807, 2.05) is 6.07 Å². The van der Waals surface area contributed by atoms with Gasteiger partial charge in [-0.3, -0.25) is 9.59 Å². The van der Waals surface area contributed by atoms with Gasteiger partial charge in [0.2, 0.25) is 0 Å². The number of ketones is 1. The van der Waals surface area contributed by atoms with Crippen molar-refractivity contribution in [1.29, 1.82) is 0 Å². The van der Waals surface area contributed by atoms with Gasteiger partial charge in [-0.1, -0.05) is 30.3 Å². The maximum Gasteiger partial charge on any atom is 0.339 e. The molecule has 0 aliphatic rings. The minimum absolute atomic E-state index is 0.0108. The second-order valence-electron chi connectivity index (χ2n) is 6.37. The number of carbonyl (C=O) groups excluding carboxylic acids is 3. The van der Waals surface area contributed by atoms with Crippen molar-refractivity contribution in [3.8, 4) is 0 Å². The Morgan fingerprint density at radius 3 is 2.13 bits per heavy atom. The van der Waals surface area contributed by atoms with Crippen molar-refractivity contribution in [2.75, 3.05) is 18.6 Å². The van der Waals surface area contributed by atoms with E-state index in [0.717, 1.165) is 18.2 Å². The van der Waals surface area contributed by atoms with Gasteiger partial charge in [0.15, 0.2) is 24.0 Å². The van der Waals surface area contributed by atoms with Crippen molar-refractivity contribution < 1.29 is 27.9 Å². The molecule has 3 aromatic carbocycles. The van der Waals surface area contributed by atoms with E-state index >= 15 is 0 Å². The first-order chi connectivity index (χ1) is 14.4. The number of carbonyl (C=O) groups is 3. The monoisotopic (exact) mass is 409 g/mol. The van der Waals surface area contributed by atoms with Crippen LogP contribution in [-0.2, 0) is 4.74 Å². The van der Waals surface area contributed by atoms with E-state index in [2.05, 4.69) is 0 Å². The Bertz CT molecular complexity index is 1100. The summed E-state index contributed by atoms with van der Waals surface area (Å²) in [6, 6.07) is 17.6. The standard InChI is InChI=1S/C23H17F2NO4/c1-26(16-7-3-2-4-8-16)22(28)17-9-5-6-10-18(17)23(29)30-14-21(27)15-11-12-19(24)20(25)13-15/h2-13H,14H2,1H3. The number of esters is 1. The largest absolute Gasteiger partial charge is 0.454 e. The summed E-state index contributed by atoms with van der Waals surface area (Å²) in [7, 11) is 1.58. The van der Waals surface area contributed by atoms with Crippen LogP contribution in [0.1, 0.15) is 31.1 Å². The maximum atomic E-state index is 13.3. The third-order valence-electron chi connectivity index (χ3n) is 4.40. The van der Waals surface area contributed by atoms with Crippen LogP contribution >= 0.6 is 0 Å². The lowest BCUT2D eigenvalue weighted by molar-refractivity contribution is 0.0472. The molecule has 7 heteroatoms. The zero-order chi connectivity index (χ0) is 21.7. The molecule has 3 aromatic rings. The highest BCUT2D eigenvalue weighted by molar-refractivity contribution is 6.12. The zero-order valence-corrected chi connectivity index (χ0v) is 16.0. The summed E-state index contributed by atoms with van der Waals surface area (Å²) >= 11 is 0. The fraction of sp³-hybridized carbons (Fsp3) is 0.0870. The van der Waals surface area contributed by atoms with E-state index in [0.29, 0.717) is 5.69 Å². The summed E-state index contributed by atoms with van der Waals surface area (Å²) < 4.78 is 31.3. The lowest BCUT2D eigenvalue weighted by Gasteiger charge is -2.18. The van der Waals surface area contributed by atoms with Gasteiger partial charge in [-0.2, -0.15) is 0 Å². The van der Waals surface area contributed by atoms with Crippen LogP contribution in [0.5, 0.6) is 0 Å². The van der Waals surface area contributed by atoms with Gasteiger partial charge in [-0.15, -0.1) is 0 Å². The van der Waals surface area contributed by atoms with Crippen LogP contribution in [0.4, 0.5) is 14.5 Å². The number of hydrogen-bond donors (Lipinski definition) is 0. The summed E-state index contributed by atoms with van der Waals surface area (Å²) in [5.41, 5.74) is 0.603. The van der Waals surface area contributed by atoms with Crippen molar-refractivity contribution in [3.63, 3.8) is 0 Å². The molecule has 1 amide bonds. The molecule has 0 saturated heterocycles. The molecular formula is C23H17F2NO4. The van der Waals surface area contributed by atoms with E-state index in [1.54, 1.807) is 43.4 Å². The van der Waals surface area contributed by atoms with E-state index in [1.165, 1.54) is 17.0 Å². The number of ether oxygens (including phenoxy) is 1. The van der Waals surface area contributed by atoms with Gasteiger partial charge in [0.25, 0.3) is 5.91 Å². The van der Waals surface area contributed by atoms with Crippen molar-refractivity contribution >= 4 is 23.3 Å². The molecule has 0 fully saturated rings. The van der Waals surface area contributed by atoms with Crippen molar-refractivity contribution in [1.82, 2.24) is 0 Å². The molecule has 30 heavy (non-hydrogen) atoms. The van der Waals surface area contributed by atoms with E-state index < -0.39 is 35.9 Å². The quantitative estimate of drug-likeness (QED) is 0.450. The Morgan fingerprint density at radius 2 is 1.47 bits per heavy atom. The van der Waals surface area contributed by atoms with E-state index in [9.17, 15) is 23.2 Å². The van der Waals surface area contributed by atoms with Crippen LogP contribution in [-0.4, -0.2) is 31.3 Å². The lowest BCUT2D eigenvalue weighted by Crippen LogP contribution is -2.28. The molecule has 3 rings (SSSR count). The number of hydrogen-bond acceptors (Lipinski definition) is 4. The molecule has 152 valence electrons. The van der Waals surface area contributed by atoms with Crippen LogP contribution < -0.4 is 4.90 Å². The zero-order valence-electron chi connectivity index (χ0n) is 16.0. The third-order valence-corrected chi connectivity index (χ3v) is 4.40. The number of halogens is 2. The average Bonchev–Trinajstić information content (AvgIpc) is 2.78. The first-order valence-corrected chi connectivity index (χ1v) is 8.96. The molecule has 0 saturated carbocycles. The molecule has 5 nitrogen and oxygen atoms in total. The van der Waals surface area contributed by atoms with Crippen molar-refractivity contribution in [3.05, 3.63) is 101 Å². The number of benzene rings is 3. The molecule has 0 unspecified atom stereocenters. The number of anilines is 1. The highest BCUT2D eigenvalue weighted by atomic mass is 19.2. The summed E-state index contributed by atoms with van der Waals surface area (Å²) in [5.74, 6) is -4.27. The highest BCUT2D eigenvalue weighted by Gasteiger charge is 2.22. The molecule has 0 aromatic heterocycles. The molecule has 0 aliphatic carbocycles. The predicted octanol–water partition coefficient (Wildman–Crippen LogP) is 4.28. The van der Waals surface area contributed by atoms with Crippen LogP contribution in [0.3, 0.4) is 0 Å². The Hall–Kier alpha value is -3.87. The normalized spacial score (nSPS) is 10.4. The van der Waals surface area contributed by atoms with Crippen LogP contribution in [0, 0.1) is 11.6 Å². The summed E-state index contributed by atoms with van der Waals surface area (Å²) in [6.07, 6.45) is 0. The van der Waals surface area contributed by atoms with Crippen LogP contribution in [0.15, 0.2) is 72.8 Å². The van der Waals surface area contributed by atoms with Gasteiger partial charge in [-0.05, 0) is 42.5 Å². The number of nitrogens with zero attached hydrogens (tertiary/aromatic N) is 1. The number of amides is 1. The summed E-state index contributed by atoms with van der Waals surface area (Å²) in [5, 5.41) is 0. The summed E-state index contributed by atoms with van der Waals surface area (Å²) in [4.78, 5) is 38.9. The average molecular weight is 409 g/mol. The van der Waals surface area contributed by atoms with Gasteiger partial charge in [0.05, 0.1) is 11.1 Å². The van der Waals surface area contributed by atoms with Crippen molar-refractivity contribution in [2.24, 2.45) is 0 Å². The van der Waals surface area contributed by atoms with E-state index in [4.69, 9.17) is 4.74 Å². The van der Waals surface area contributed by atoms with Crippen molar-refractivity contribution in [2.45, 2.75) is 0 Å². The molecule has 0 atom stereocenters. The highest BCUT2D eigenvalue weighted by Crippen LogP contribution is 2.18. The Morgan fingerprint density at radius 1 is 0.833 bits per heavy atom. The second kappa shape index (κ2) is 9.09. The maximum absolute atomic E-state index is 13.3. The molecule has 0 N–H and O–H groups in total. The first-order valence-electron chi connectivity index (χ1n) is 8.96. The topological polar surface area (TPSA) is 63.7 Å². The van der Waals surface area contributed by atoms with Gasteiger partial charge in [-0.25, -0.2) is 13.6 Å².